The van der Waals surface area contributed by atoms with E-state index in [2.05, 4.69) is 13.8 Å². The Morgan fingerprint density at radius 3 is 2.43 bits per heavy atom. The summed E-state index contributed by atoms with van der Waals surface area (Å²) < 4.78 is 0. The van der Waals surface area contributed by atoms with Crippen molar-refractivity contribution >= 4 is 5.78 Å². The van der Waals surface area contributed by atoms with Gasteiger partial charge in [-0.3, -0.25) is 4.79 Å². The Hall–Kier alpha value is -0.850. The van der Waals surface area contributed by atoms with Crippen LogP contribution >= 0.6 is 0 Å². The molecule has 0 N–H and O–H groups in total. The molecule has 4 rings (SSSR count). The number of ketones is 1. The SMILES string of the molecule is CC.CCC.O=C1C=C2CCC3C(=C2CC1)CCC1CCCC13. The van der Waals surface area contributed by atoms with Crippen molar-refractivity contribution in [2.45, 2.75) is 91.9 Å². The third-order valence-electron chi connectivity index (χ3n) is 5.92. The molecule has 4 aliphatic carbocycles. The van der Waals surface area contributed by atoms with Crippen LogP contribution < -0.4 is 0 Å². The predicted molar refractivity (Wildman–Crippen MR) is 99.5 cm³/mol. The molecule has 3 atom stereocenters. The van der Waals surface area contributed by atoms with Gasteiger partial charge in [0, 0.05) is 6.42 Å². The topological polar surface area (TPSA) is 17.1 Å². The van der Waals surface area contributed by atoms with Crippen LogP contribution in [0.5, 0.6) is 0 Å². The lowest BCUT2D eigenvalue weighted by Crippen LogP contribution is -2.30. The van der Waals surface area contributed by atoms with Crippen LogP contribution in [0.3, 0.4) is 0 Å². The van der Waals surface area contributed by atoms with Crippen LogP contribution in [0.1, 0.15) is 91.9 Å². The molecule has 2 saturated carbocycles. The standard InChI is InChI=1S/C17H22O.C3H8.C2H6/c18-13-6-9-15-12(10-13)5-8-16-14-3-1-2-11(14)4-7-17(15)16;1-3-2;1-2/h10-11,14,16H,1-9H2;3H2,1-2H3;1-2H3. The molecule has 0 saturated heterocycles. The van der Waals surface area contributed by atoms with Crippen LogP contribution in [-0.2, 0) is 4.79 Å². The lowest BCUT2D eigenvalue weighted by Gasteiger charge is -2.42. The molecule has 0 aromatic heterocycles. The molecular weight excluding hydrogens is 280 g/mol. The van der Waals surface area contributed by atoms with Gasteiger partial charge in [0.25, 0.3) is 0 Å². The Labute approximate surface area is 143 Å². The molecule has 2 fully saturated rings. The summed E-state index contributed by atoms with van der Waals surface area (Å²) in [5.41, 5.74) is 4.81. The minimum atomic E-state index is 0.363. The molecular formula is C22H36O. The van der Waals surface area contributed by atoms with E-state index in [1.807, 2.05) is 19.9 Å². The second-order valence-corrected chi connectivity index (χ2v) is 7.39. The molecule has 0 radical (unpaired) electrons. The van der Waals surface area contributed by atoms with Gasteiger partial charge >= 0.3 is 0 Å². The van der Waals surface area contributed by atoms with E-state index in [0.29, 0.717) is 5.78 Å². The molecule has 0 aromatic carbocycles. The van der Waals surface area contributed by atoms with E-state index in [4.69, 9.17) is 0 Å². The average molecular weight is 317 g/mol. The molecule has 0 bridgehead atoms. The Kier molecular flexibility index (Phi) is 7.11. The van der Waals surface area contributed by atoms with Crippen molar-refractivity contribution in [2.75, 3.05) is 0 Å². The molecule has 0 aliphatic heterocycles. The first kappa shape index (κ1) is 18.5. The highest BCUT2D eigenvalue weighted by Gasteiger charge is 2.41. The summed E-state index contributed by atoms with van der Waals surface area (Å²) in [5, 5.41) is 0. The number of hydrogen-bond donors (Lipinski definition) is 0. The van der Waals surface area contributed by atoms with Gasteiger partial charge in [0.1, 0.15) is 0 Å². The molecule has 3 unspecified atom stereocenters. The largest absolute Gasteiger partial charge is 0.295 e. The van der Waals surface area contributed by atoms with E-state index in [1.54, 1.807) is 11.1 Å². The molecule has 0 amide bonds. The molecule has 0 heterocycles. The van der Waals surface area contributed by atoms with Crippen molar-refractivity contribution < 1.29 is 4.79 Å². The maximum Gasteiger partial charge on any atom is 0.156 e. The normalized spacial score (nSPS) is 31.6. The first-order chi connectivity index (χ1) is 11.2. The van der Waals surface area contributed by atoms with Crippen LogP contribution in [0.15, 0.2) is 22.8 Å². The number of hydrogen-bond acceptors (Lipinski definition) is 1. The van der Waals surface area contributed by atoms with Gasteiger partial charge in [0.2, 0.25) is 0 Å². The zero-order chi connectivity index (χ0) is 16.8. The molecule has 4 aliphatic rings. The fraction of sp³-hybridized carbons (Fsp3) is 0.773. The highest BCUT2D eigenvalue weighted by Crippen LogP contribution is 2.54. The zero-order valence-electron chi connectivity index (χ0n) is 15.8. The van der Waals surface area contributed by atoms with Gasteiger partial charge in [0.15, 0.2) is 5.78 Å². The van der Waals surface area contributed by atoms with Crippen molar-refractivity contribution in [3.05, 3.63) is 22.8 Å². The Morgan fingerprint density at radius 2 is 1.70 bits per heavy atom. The van der Waals surface area contributed by atoms with Crippen molar-refractivity contribution in [1.82, 2.24) is 0 Å². The number of carbonyl (C=O) groups excluding carboxylic acids is 1. The van der Waals surface area contributed by atoms with Gasteiger partial charge in [-0.15, -0.1) is 0 Å². The second-order valence-electron chi connectivity index (χ2n) is 7.39. The quantitative estimate of drug-likeness (QED) is 0.490. The fourth-order valence-corrected chi connectivity index (χ4v) is 5.16. The van der Waals surface area contributed by atoms with Gasteiger partial charge < -0.3 is 0 Å². The second kappa shape index (κ2) is 8.85. The van der Waals surface area contributed by atoms with Crippen LogP contribution in [0, 0.1) is 17.8 Å². The first-order valence-electron chi connectivity index (χ1n) is 10.2. The lowest BCUT2D eigenvalue weighted by atomic mass is 9.63. The van der Waals surface area contributed by atoms with Gasteiger partial charge in [0.05, 0.1) is 0 Å². The van der Waals surface area contributed by atoms with Crippen LogP contribution in [0.25, 0.3) is 0 Å². The first-order valence-corrected chi connectivity index (χ1v) is 10.2. The van der Waals surface area contributed by atoms with Gasteiger partial charge in [-0.05, 0) is 73.5 Å². The Balaban J connectivity index is 0.000000348. The van der Waals surface area contributed by atoms with Crippen molar-refractivity contribution in [3.63, 3.8) is 0 Å². The summed E-state index contributed by atoms with van der Waals surface area (Å²) in [4.78, 5) is 11.6. The van der Waals surface area contributed by atoms with Crippen molar-refractivity contribution in [1.29, 1.82) is 0 Å². The van der Waals surface area contributed by atoms with E-state index >= 15 is 0 Å². The number of rotatable bonds is 0. The molecule has 130 valence electrons. The van der Waals surface area contributed by atoms with E-state index in [9.17, 15) is 4.79 Å². The summed E-state index contributed by atoms with van der Waals surface area (Å²) in [6.07, 6.45) is 14.7. The smallest absolute Gasteiger partial charge is 0.156 e. The van der Waals surface area contributed by atoms with Gasteiger partial charge in [-0.2, -0.15) is 0 Å². The zero-order valence-corrected chi connectivity index (χ0v) is 15.8. The van der Waals surface area contributed by atoms with Gasteiger partial charge in [-0.25, -0.2) is 0 Å². The number of carbonyl (C=O) groups is 1. The highest BCUT2D eigenvalue weighted by atomic mass is 16.1. The predicted octanol–water partition coefficient (Wildman–Crippen LogP) is 6.63. The third-order valence-corrected chi connectivity index (χ3v) is 5.92. The van der Waals surface area contributed by atoms with Crippen molar-refractivity contribution in [3.8, 4) is 0 Å². The number of fused-ring (bicyclic) bond motifs is 4. The van der Waals surface area contributed by atoms with E-state index in [-0.39, 0.29) is 0 Å². The summed E-state index contributed by atoms with van der Waals surface area (Å²) in [7, 11) is 0. The molecule has 1 heteroatoms. The summed E-state index contributed by atoms with van der Waals surface area (Å²) in [6.45, 7) is 8.25. The lowest BCUT2D eigenvalue weighted by molar-refractivity contribution is -0.114. The summed E-state index contributed by atoms with van der Waals surface area (Å²) in [5.74, 6) is 3.30. The highest BCUT2D eigenvalue weighted by molar-refractivity contribution is 5.93. The molecule has 0 aromatic rings. The minimum absolute atomic E-state index is 0.363. The van der Waals surface area contributed by atoms with Crippen LogP contribution in [0.4, 0.5) is 0 Å². The Bertz CT molecular complexity index is 468. The van der Waals surface area contributed by atoms with Crippen LogP contribution in [-0.4, -0.2) is 5.78 Å². The van der Waals surface area contributed by atoms with E-state index < -0.39 is 0 Å². The molecule has 0 spiro atoms. The number of allylic oxidation sites excluding steroid dienone is 4. The third kappa shape index (κ3) is 3.98. The maximum absolute atomic E-state index is 11.6. The Morgan fingerprint density at radius 1 is 0.957 bits per heavy atom. The van der Waals surface area contributed by atoms with E-state index in [0.717, 1.165) is 30.6 Å². The summed E-state index contributed by atoms with van der Waals surface area (Å²) in [6, 6.07) is 0. The maximum atomic E-state index is 11.6. The molecule has 23 heavy (non-hydrogen) atoms. The van der Waals surface area contributed by atoms with Crippen molar-refractivity contribution in [2.24, 2.45) is 17.8 Å². The van der Waals surface area contributed by atoms with Gasteiger partial charge in [-0.1, -0.05) is 52.5 Å². The van der Waals surface area contributed by atoms with Crippen LogP contribution in [0.2, 0.25) is 0 Å². The van der Waals surface area contributed by atoms with E-state index in [1.165, 1.54) is 56.9 Å². The summed E-state index contributed by atoms with van der Waals surface area (Å²) >= 11 is 0. The fourth-order valence-electron chi connectivity index (χ4n) is 5.16. The molecule has 1 nitrogen and oxygen atoms in total. The minimum Gasteiger partial charge on any atom is -0.295 e. The average Bonchev–Trinajstić information content (AvgIpc) is 3.05. The monoisotopic (exact) mass is 316 g/mol.